The Labute approximate surface area is 180 Å². The molecule has 0 aromatic rings. The molecular weight excluding hydrogens is 338 g/mol. The van der Waals surface area contributed by atoms with Crippen LogP contribution in [0.3, 0.4) is 0 Å². The summed E-state index contributed by atoms with van der Waals surface area (Å²) in [5.41, 5.74) is 0.389. The van der Waals surface area contributed by atoms with Crippen molar-refractivity contribution in [3.63, 3.8) is 0 Å². The average Bonchev–Trinajstić information content (AvgIpc) is 2.67. The van der Waals surface area contributed by atoms with Gasteiger partial charge in [-0.05, 0) is 46.2 Å². The third kappa shape index (κ3) is 16.9. The fraction of sp³-hybridized carbons (Fsp3) is 1.00. The molecule has 0 aliphatic heterocycles. The zero-order chi connectivity index (χ0) is 20.9. The van der Waals surface area contributed by atoms with Crippen molar-refractivity contribution in [1.82, 2.24) is 4.90 Å². The van der Waals surface area contributed by atoms with Crippen LogP contribution >= 0.6 is 0 Å². The van der Waals surface area contributed by atoms with Gasteiger partial charge < -0.3 is 0 Å². The first-order valence-electron chi connectivity index (χ1n) is 13.3. The van der Waals surface area contributed by atoms with E-state index in [0.717, 1.165) is 0 Å². The maximum Gasteiger partial charge on any atom is 0.0153 e. The monoisotopic (exact) mass is 395 g/mol. The molecule has 0 aliphatic rings. The van der Waals surface area contributed by atoms with E-state index in [1.807, 2.05) is 0 Å². The van der Waals surface area contributed by atoms with Gasteiger partial charge >= 0.3 is 0 Å². The molecule has 170 valence electrons. The van der Waals surface area contributed by atoms with Crippen molar-refractivity contribution in [1.29, 1.82) is 0 Å². The molecule has 0 amide bonds. The number of hydrogen-bond donors (Lipinski definition) is 0. The molecule has 1 heteroatoms. The van der Waals surface area contributed by atoms with Gasteiger partial charge in [-0.3, -0.25) is 4.90 Å². The van der Waals surface area contributed by atoms with Gasteiger partial charge in [-0.1, -0.05) is 124 Å². The van der Waals surface area contributed by atoms with E-state index in [1.165, 1.54) is 135 Å². The second kappa shape index (κ2) is 20.2. The van der Waals surface area contributed by atoms with Crippen LogP contribution in [-0.4, -0.2) is 23.5 Å². The molecule has 0 spiro atoms. The van der Waals surface area contributed by atoms with E-state index in [9.17, 15) is 0 Å². The fourth-order valence-corrected chi connectivity index (χ4v) is 4.38. The Hall–Kier alpha value is -0.0400. The molecule has 28 heavy (non-hydrogen) atoms. The lowest BCUT2D eigenvalue weighted by molar-refractivity contribution is 0.103. The summed E-state index contributed by atoms with van der Waals surface area (Å²) in [5, 5.41) is 0. The normalized spacial score (nSPS) is 12.2. The Kier molecular flexibility index (Phi) is 20.2. The first-order chi connectivity index (χ1) is 13.6. The van der Waals surface area contributed by atoms with Crippen molar-refractivity contribution in [2.45, 2.75) is 162 Å². The summed E-state index contributed by atoms with van der Waals surface area (Å²) in [4.78, 5) is 2.82. The number of nitrogens with zero attached hydrogens (tertiary/aromatic N) is 1. The summed E-state index contributed by atoms with van der Waals surface area (Å²) in [6.07, 6.45) is 27.0. The maximum absolute atomic E-state index is 2.82. The minimum absolute atomic E-state index is 0.389. The van der Waals surface area contributed by atoms with E-state index >= 15 is 0 Å². The lowest BCUT2D eigenvalue weighted by atomic mass is 9.93. The maximum atomic E-state index is 2.82. The summed E-state index contributed by atoms with van der Waals surface area (Å²) in [6.45, 7) is 14.6. The van der Waals surface area contributed by atoms with Crippen molar-refractivity contribution in [3.8, 4) is 0 Å². The first kappa shape index (κ1) is 28.0. The van der Waals surface area contributed by atoms with Crippen LogP contribution in [0.1, 0.15) is 157 Å². The predicted molar refractivity (Wildman–Crippen MR) is 130 cm³/mol. The third-order valence-electron chi connectivity index (χ3n) is 6.56. The van der Waals surface area contributed by atoms with E-state index < -0.39 is 0 Å². The van der Waals surface area contributed by atoms with Crippen molar-refractivity contribution in [2.24, 2.45) is 0 Å². The quantitative estimate of drug-likeness (QED) is 0.165. The van der Waals surface area contributed by atoms with Gasteiger partial charge in [0.1, 0.15) is 0 Å². The van der Waals surface area contributed by atoms with Gasteiger partial charge in [0, 0.05) is 5.54 Å². The Balaban J connectivity index is 3.82. The Morgan fingerprint density at radius 3 is 1.14 bits per heavy atom. The zero-order valence-electron chi connectivity index (χ0n) is 20.8. The summed E-state index contributed by atoms with van der Waals surface area (Å²) >= 11 is 0. The predicted octanol–water partition coefficient (Wildman–Crippen LogP) is 9.54. The molecule has 0 fully saturated rings. The Bertz CT molecular complexity index is 287. The lowest BCUT2D eigenvalue weighted by Gasteiger charge is -2.39. The summed E-state index contributed by atoms with van der Waals surface area (Å²) in [7, 11) is 0. The summed E-state index contributed by atoms with van der Waals surface area (Å²) < 4.78 is 0. The van der Waals surface area contributed by atoms with Crippen LogP contribution in [0.5, 0.6) is 0 Å². The summed E-state index contributed by atoms with van der Waals surface area (Å²) in [6, 6.07) is 0. The van der Waals surface area contributed by atoms with Gasteiger partial charge in [0.25, 0.3) is 0 Å². The highest BCUT2D eigenvalue weighted by molar-refractivity contribution is 4.81. The molecule has 0 bridgehead atoms. The average molecular weight is 396 g/mol. The minimum Gasteiger partial charge on any atom is -0.298 e. The van der Waals surface area contributed by atoms with E-state index in [-0.39, 0.29) is 0 Å². The highest BCUT2D eigenvalue weighted by Crippen LogP contribution is 2.24. The van der Waals surface area contributed by atoms with Crippen LogP contribution in [0.15, 0.2) is 0 Å². The second-order valence-electron chi connectivity index (χ2n) is 9.85. The van der Waals surface area contributed by atoms with Crippen molar-refractivity contribution < 1.29 is 0 Å². The topological polar surface area (TPSA) is 3.24 Å². The molecule has 0 unspecified atom stereocenters. The smallest absolute Gasteiger partial charge is 0.0153 e. The van der Waals surface area contributed by atoms with E-state index in [1.54, 1.807) is 0 Å². The first-order valence-corrected chi connectivity index (χ1v) is 13.3. The highest BCUT2D eigenvalue weighted by Gasteiger charge is 2.25. The molecule has 0 saturated carbocycles. The SMILES string of the molecule is CCCCCCCCCCCCCCC(C)(C)N(CCCCC)CCCCC. The number of rotatable bonds is 22. The van der Waals surface area contributed by atoms with Gasteiger partial charge in [0.15, 0.2) is 0 Å². The van der Waals surface area contributed by atoms with Crippen LogP contribution < -0.4 is 0 Å². The highest BCUT2D eigenvalue weighted by atomic mass is 15.2. The largest absolute Gasteiger partial charge is 0.298 e. The van der Waals surface area contributed by atoms with Crippen LogP contribution in [0.2, 0.25) is 0 Å². The fourth-order valence-electron chi connectivity index (χ4n) is 4.38. The second-order valence-corrected chi connectivity index (χ2v) is 9.85. The van der Waals surface area contributed by atoms with E-state index in [2.05, 4.69) is 39.5 Å². The van der Waals surface area contributed by atoms with Crippen LogP contribution in [0, 0.1) is 0 Å². The third-order valence-corrected chi connectivity index (χ3v) is 6.56. The lowest BCUT2D eigenvalue weighted by Crippen LogP contribution is -2.45. The molecule has 1 nitrogen and oxygen atoms in total. The van der Waals surface area contributed by atoms with Crippen LogP contribution in [0.4, 0.5) is 0 Å². The molecule has 0 rings (SSSR count). The number of unbranched alkanes of at least 4 members (excludes halogenated alkanes) is 15. The van der Waals surface area contributed by atoms with Crippen molar-refractivity contribution >= 4 is 0 Å². The van der Waals surface area contributed by atoms with Gasteiger partial charge in [0.05, 0.1) is 0 Å². The van der Waals surface area contributed by atoms with Gasteiger partial charge in [0.2, 0.25) is 0 Å². The van der Waals surface area contributed by atoms with Gasteiger partial charge in [-0.15, -0.1) is 0 Å². The van der Waals surface area contributed by atoms with Crippen LogP contribution in [-0.2, 0) is 0 Å². The molecule has 0 aromatic heterocycles. The Morgan fingerprint density at radius 2 is 0.750 bits per heavy atom. The summed E-state index contributed by atoms with van der Waals surface area (Å²) in [5.74, 6) is 0. The van der Waals surface area contributed by atoms with Crippen molar-refractivity contribution in [3.05, 3.63) is 0 Å². The minimum atomic E-state index is 0.389. The molecule has 0 aromatic carbocycles. The van der Waals surface area contributed by atoms with Gasteiger partial charge in [-0.25, -0.2) is 0 Å². The number of hydrogen-bond acceptors (Lipinski definition) is 1. The molecule has 0 aliphatic carbocycles. The molecule has 0 heterocycles. The van der Waals surface area contributed by atoms with Gasteiger partial charge in [-0.2, -0.15) is 0 Å². The molecule has 0 atom stereocenters. The molecule has 0 N–H and O–H groups in total. The van der Waals surface area contributed by atoms with Crippen LogP contribution in [0.25, 0.3) is 0 Å². The van der Waals surface area contributed by atoms with Crippen molar-refractivity contribution in [2.75, 3.05) is 13.1 Å². The molecule has 0 saturated heterocycles. The van der Waals surface area contributed by atoms with E-state index in [4.69, 9.17) is 0 Å². The standard InChI is InChI=1S/C27H57N/c1-6-9-12-13-14-15-16-17-18-19-20-21-24-27(4,5)28(25-22-10-7-2)26-23-11-8-3/h6-26H2,1-5H3. The molecular formula is C27H57N. The zero-order valence-corrected chi connectivity index (χ0v) is 20.8. The van der Waals surface area contributed by atoms with E-state index in [0.29, 0.717) is 5.54 Å². The Morgan fingerprint density at radius 1 is 0.429 bits per heavy atom. The molecule has 0 radical (unpaired) electrons.